The molecule has 1 heterocycles. The third kappa shape index (κ3) is 3.30. The van der Waals surface area contributed by atoms with E-state index >= 15 is 0 Å². The number of carbonyl (C=O) groups excluding carboxylic acids is 1. The summed E-state index contributed by atoms with van der Waals surface area (Å²) in [5, 5.41) is 23.3. The normalized spacial score (nSPS) is 9.94. The molecule has 92 valence electrons. The highest BCUT2D eigenvalue weighted by molar-refractivity contribution is 5.98. The zero-order chi connectivity index (χ0) is 13.0. The van der Waals surface area contributed by atoms with Crippen molar-refractivity contribution in [2.75, 3.05) is 13.1 Å². The Balaban J connectivity index is 2.90. The first-order chi connectivity index (χ1) is 7.91. The van der Waals surface area contributed by atoms with Gasteiger partial charge in [-0.15, -0.1) is 0 Å². The highest BCUT2D eigenvalue weighted by Gasteiger charge is 2.23. The monoisotopic (exact) mass is 241 g/mol. The second-order valence-corrected chi connectivity index (χ2v) is 3.36. The Kier molecular flexibility index (Phi) is 3.81. The van der Waals surface area contributed by atoms with Crippen LogP contribution in [0.15, 0.2) is 6.20 Å². The molecular formula is C9H11N3O5. The maximum absolute atomic E-state index is 11.8. The first kappa shape index (κ1) is 12.7. The molecule has 3 N–H and O–H groups in total. The lowest BCUT2D eigenvalue weighted by atomic mass is 10.2. The number of carboxylic acids is 2. The summed E-state index contributed by atoms with van der Waals surface area (Å²) in [5.41, 5.74) is 0.614. The Hall–Kier alpha value is -2.38. The van der Waals surface area contributed by atoms with Gasteiger partial charge in [0.1, 0.15) is 13.1 Å². The van der Waals surface area contributed by atoms with Crippen molar-refractivity contribution >= 4 is 17.8 Å². The molecule has 8 heteroatoms. The van der Waals surface area contributed by atoms with Crippen LogP contribution in [0.25, 0.3) is 0 Å². The summed E-state index contributed by atoms with van der Waals surface area (Å²) < 4.78 is 0. The van der Waals surface area contributed by atoms with Crippen LogP contribution in [-0.4, -0.2) is 56.2 Å². The van der Waals surface area contributed by atoms with Crippen molar-refractivity contribution in [2.45, 2.75) is 6.92 Å². The van der Waals surface area contributed by atoms with Gasteiger partial charge in [-0.1, -0.05) is 0 Å². The maximum Gasteiger partial charge on any atom is 0.323 e. The fourth-order valence-electron chi connectivity index (χ4n) is 1.26. The van der Waals surface area contributed by atoms with Crippen LogP contribution in [-0.2, 0) is 9.59 Å². The molecular weight excluding hydrogens is 230 g/mol. The number of aliphatic carboxylic acids is 2. The fourth-order valence-corrected chi connectivity index (χ4v) is 1.26. The fraction of sp³-hybridized carbons (Fsp3) is 0.333. The summed E-state index contributed by atoms with van der Waals surface area (Å²) in [6, 6.07) is 0. The number of rotatable bonds is 5. The quantitative estimate of drug-likeness (QED) is 0.628. The summed E-state index contributed by atoms with van der Waals surface area (Å²) in [7, 11) is 0. The molecule has 1 aromatic heterocycles. The van der Waals surface area contributed by atoms with Crippen molar-refractivity contribution in [1.82, 2.24) is 15.1 Å². The van der Waals surface area contributed by atoms with Crippen molar-refractivity contribution < 1.29 is 24.6 Å². The van der Waals surface area contributed by atoms with Crippen LogP contribution in [0.2, 0.25) is 0 Å². The van der Waals surface area contributed by atoms with Gasteiger partial charge in [0.15, 0.2) is 0 Å². The first-order valence-corrected chi connectivity index (χ1v) is 4.64. The van der Waals surface area contributed by atoms with Gasteiger partial charge in [-0.05, 0) is 6.92 Å². The molecule has 0 aliphatic carbocycles. The third-order valence-corrected chi connectivity index (χ3v) is 2.00. The van der Waals surface area contributed by atoms with Crippen molar-refractivity contribution in [1.29, 1.82) is 0 Å². The van der Waals surface area contributed by atoms with Gasteiger partial charge in [-0.3, -0.25) is 19.5 Å². The van der Waals surface area contributed by atoms with Crippen LogP contribution in [0.1, 0.15) is 16.1 Å². The number of H-pyrrole nitrogens is 1. The Morgan fingerprint density at radius 3 is 2.18 bits per heavy atom. The number of carboxylic acid groups (broad SMARTS) is 2. The van der Waals surface area contributed by atoms with Gasteiger partial charge in [0.05, 0.1) is 11.8 Å². The third-order valence-electron chi connectivity index (χ3n) is 2.00. The zero-order valence-electron chi connectivity index (χ0n) is 9.01. The average Bonchev–Trinajstić information content (AvgIpc) is 2.61. The summed E-state index contributed by atoms with van der Waals surface area (Å²) in [4.78, 5) is 33.6. The minimum absolute atomic E-state index is 0.160. The standard InChI is InChI=1S/C9H11N3O5/c1-5-6(2-10-11-5)9(17)12(3-7(13)14)4-8(15)16/h2H,3-4H2,1H3,(H,10,11)(H,13,14)(H,15,16). The number of aromatic nitrogens is 2. The second-order valence-electron chi connectivity index (χ2n) is 3.36. The Morgan fingerprint density at radius 1 is 1.29 bits per heavy atom. The number of carbonyl (C=O) groups is 3. The van der Waals surface area contributed by atoms with Crippen LogP contribution in [0.3, 0.4) is 0 Å². The summed E-state index contributed by atoms with van der Waals surface area (Å²) >= 11 is 0. The van der Waals surface area contributed by atoms with Crippen molar-refractivity contribution in [3.05, 3.63) is 17.5 Å². The van der Waals surface area contributed by atoms with E-state index in [0.29, 0.717) is 5.69 Å². The van der Waals surface area contributed by atoms with Crippen LogP contribution < -0.4 is 0 Å². The predicted molar refractivity (Wildman–Crippen MR) is 54.5 cm³/mol. The highest BCUT2D eigenvalue weighted by atomic mass is 16.4. The van der Waals surface area contributed by atoms with E-state index in [-0.39, 0.29) is 5.56 Å². The number of amides is 1. The lowest BCUT2D eigenvalue weighted by Crippen LogP contribution is -2.39. The van der Waals surface area contributed by atoms with E-state index < -0.39 is 30.9 Å². The molecule has 8 nitrogen and oxygen atoms in total. The molecule has 17 heavy (non-hydrogen) atoms. The Morgan fingerprint density at radius 2 is 1.82 bits per heavy atom. The second kappa shape index (κ2) is 5.10. The van der Waals surface area contributed by atoms with Crippen LogP contribution >= 0.6 is 0 Å². The van der Waals surface area contributed by atoms with E-state index in [1.807, 2.05) is 0 Å². The van der Waals surface area contributed by atoms with Crippen LogP contribution in [0.5, 0.6) is 0 Å². The number of hydrogen-bond acceptors (Lipinski definition) is 4. The molecule has 0 spiro atoms. The van der Waals surface area contributed by atoms with Crippen LogP contribution in [0.4, 0.5) is 0 Å². The van der Waals surface area contributed by atoms with Crippen LogP contribution in [0, 0.1) is 6.92 Å². The number of hydrogen-bond donors (Lipinski definition) is 3. The lowest BCUT2D eigenvalue weighted by molar-refractivity contribution is -0.140. The smallest absolute Gasteiger partial charge is 0.323 e. The lowest BCUT2D eigenvalue weighted by Gasteiger charge is -2.17. The summed E-state index contributed by atoms with van der Waals surface area (Å²) in [6.07, 6.45) is 1.23. The molecule has 0 saturated heterocycles. The van der Waals surface area contributed by atoms with E-state index in [2.05, 4.69) is 10.2 Å². The minimum atomic E-state index is -1.28. The largest absolute Gasteiger partial charge is 0.480 e. The minimum Gasteiger partial charge on any atom is -0.480 e. The number of aryl methyl sites for hydroxylation is 1. The van der Waals surface area contributed by atoms with Gasteiger partial charge in [0.2, 0.25) is 0 Å². The van der Waals surface area contributed by atoms with E-state index in [4.69, 9.17) is 10.2 Å². The van der Waals surface area contributed by atoms with Gasteiger partial charge in [-0.2, -0.15) is 5.10 Å². The molecule has 0 aromatic carbocycles. The topological polar surface area (TPSA) is 124 Å². The van der Waals surface area contributed by atoms with E-state index in [0.717, 1.165) is 4.90 Å². The van der Waals surface area contributed by atoms with Gasteiger partial charge < -0.3 is 15.1 Å². The van der Waals surface area contributed by atoms with E-state index in [1.165, 1.54) is 6.20 Å². The van der Waals surface area contributed by atoms with E-state index in [9.17, 15) is 14.4 Å². The van der Waals surface area contributed by atoms with Gasteiger partial charge in [0.25, 0.3) is 5.91 Å². The van der Waals surface area contributed by atoms with Crippen molar-refractivity contribution in [3.63, 3.8) is 0 Å². The van der Waals surface area contributed by atoms with Crippen molar-refractivity contribution in [2.24, 2.45) is 0 Å². The SMILES string of the molecule is Cc1[nH]ncc1C(=O)N(CC(=O)O)CC(=O)O. The summed E-state index contributed by atoms with van der Waals surface area (Å²) in [5.74, 6) is -3.23. The van der Waals surface area contributed by atoms with Gasteiger partial charge >= 0.3 is 11.9 Å². The number of aromatic amines is 1. The number of nitrogens with one attached hydrogen (secondary N) is 1. The molecule has 1 rings (SSSR count). The highest BCUT2D eigenvalue weighted by Crippen LogP contribution is 2.07. The molecule has 1 amide bonds. The number of nitrogens with zero attached hydrogens (tertiary/aromatic N) is 2. The molecule has 0 bridgehead atoms. The molecule has 0 fully saturated rings. The Bertz CT molecular complexity index is 437. The zero-order valence-corrected chi connectivity index (χ0v) is 9.01. The molecule has 0 radical (unpaired) electrons. The summed E-state index contributed by atoms with van der Waals surface area (Å²) in [6.45, 7) is 0.242. The molecule has 0 atom stereocenters. The molecule has 1 aromatic rings. The van der Waals surface area contributed by atoms with E-state index in [1.54, 1.807) is 6.92 Å². The maximum atomic E-state index is 11.8. The first-order valence-electron chi connectivity index (χ1n) is 4.64. The predicted octanol–water partition coefficient (Wildman–Crippen LogP) is -0.670. The molecule has 0 aliphatic heterocycles. The molecule has 0 unspecified atom stereocenters. The van der Waals surface area contributed by atoms with Gasteiger partial charge in [0, 0.05) is 5.69 Å². The Labute approximate surface area is 95.9 Å². The average molecular weight is 241 g/mol. The molecule has 0 aliphatic rings. The van der Waals surface area contributed by atoms with Gasteiger partial charge in [-0.25, -0.2) is 0 Å². The molecule has 0 saturated carbocycles. The van der Waals surface area contributed by atoms with Crippen molar-refractivity contribution in [3.8, 4) is 0 Å².